The summed E-state index contributed by atoms with van der Waals surface area (Å²) in [6.07, 6.45) is 8.81. The highest BCUT2D eigenvalue weighted by Gasteiger charge is 2.10. The summed E-state index contributed by atoms with van der Waals surface area (Å²) in [5.41, 5.74) is 2.67. The second kappa shape index (κ2) is 5.64. The van der Waals surface area contributed by atoms with Crippen LogP contribution in [0, 0.1) is 0 Å². The maximum absolute atomic E-state index is 2.34. The van der Waals surface area contributed by atoms with Gasteiger partial charge in [0.15, 0.2) is 0 Å². The van der Waals surface area contributed by atoms with Gasteiger partial charge in [-0.15, -0.1) is 0 Å². The number of benzene rings is 2. The molecule has 4 aromatic rings. The fourth-order valence-corrected chi connectivity index (χ4v) is 3.06. The fourth-order valence-electron chi connectivity index (χ4n) is 3.06. The largest absolute Gasteiger partial charge is 0.286 e. The molecule has 0 N–H and O–H groups in total. The van der Waals surface area contributed by atoms with Crippen molar-refractivity contribution in [3.8, 4) is 0 Å². The predicted molar refractivity (Wildman–Crippen MR) is 89.9 cm³/mol. The third-order valence-electron chi connectivity index (χ3n) is 4.23. The molecule has 0 saturated carbocycles. The minimum Gasteiger partial charge on any atom is -0.230 e. The van der Waals surface area contributed by atoms with E-state index < -0.39 is 0 Å². The van der Waals surface area contributed by atoms with Crippen LogP contribution >= 0.6 is 0 Å². The van der Waals surface area contributed by atoms with Crippen LogP contribution in [0.4, 0.5) is 0 Å². The summed E-state index contributed by atoms with van der Waals surface area (Å²) in [5, 5.41) is 2.58. The Kier molecular flexibility index (Phi) is 3.36. The molecule has 2 heteroatoms. The Morgan fingerprint density at radius 3 is 2.50 bits per heavy atom. The number of fused-ring (bicyclic) bond motifs is 2. The summed E-state index contributed by atoms with van der Waals surface area (Å²) in [6, 6.07) is 21.5. The molecule has 0 unspecified atom stereocenters. The standard InChI is InChI=1S/C20H19N2/c1-2-7-17(8-3-1)9-6-12-21-13-14-22-16-19-11-5-4-10-18(19)15-20(21)22/h1-5,7-8,10-11,13-16H,6,9,12H2/q+1. The lowest BCUT2D eigenvalue weighted by Crippen LogP contribution is -2.32. The van der Waals surface area contributed by atoms with Crippen molar-refractivity contribution in [1.82, 2.24) is 4.40 Å². The molecule has 0 atom stereocenters. The number of hydrogen-bond acceptors (Lipinski definition) is 0. The molecule has 0 aliphatic rings. The van der Waals surface area contributed by atoms with E-state index in [1.54, 1.807) is 0 Å². The molecule has 0 saturated heterocycles. The van der Waals surface area contributed by atoms with Crippen LogP contribution in [0.15, 0.2) is 79.3 Å². The number of aromatic nitrogens is 2. The minimum atomic E-state index is 1.05. The van der Waals surface area contributed by atoms with E-state index in [0.29, 0.717) is 0 Å². The smallest absolute Gasteiger partial charge is 0.230 e. The fraction of sp³-hybridized carbons (Fsp3) is 0.150. The van der Waals surface area contributed by atoms with E-state index >= 15 is 0 Å². The van der Waals surface area contributed by atoms with Crippen LogP contribution in [0.25, 0.3) is 16.4 Å². The van der Waals surface area contributed by atoms with Gasteiger partial charge >= 0.3 is 0 Å². The third-order valence-corrected chi connectivity index (χ3v) is 4.23. The summed E-state index contributed by atoms with van der Waals surface area (Å²) < 4.78 is 4.56. The van der Waals surface area contributed by atoms with Crippen molar-refractivity contribution in [1.29, 1.82) is 0 Å². The monoisotopic (exact) mass is 287 g/mol. The van der Waals surface area contributed by atoms with Gasteiger partial charge in [0.25, 0.3) is 5.65 Å². The number of rotatable bonds is 4. The van der Waals surface area contributed by atoms with Crippen molar-refractivity contribution in [2.24, 2.45) is 0 Å². The van der Waals surface area contributed by atoms with Crippen LogP contribution < -0.4 is 4.57 Å². The first kappa shape index (κ1) is 13.1. The second-order valence-electron chi connectivity index (χ2n) is 5.75. The Morgan fingerprint density at radius 1 is 0.864 bits per heavy atom. The Morgan fingerprint density at radius 2 is 1.64 bits per heavy atom. The van der Waals surface area contributed by atoms with Gasteiger partial charge in [-0.25, -0.2) is 8.97 Å². The SMILES string of the molecule is c1ccc(CCC[n+]2ccn3cc4ccccc4cc32)cc1. The van der Waals surface area contributed by atoms with Crippen molar-refractivity contribution in [3.63, 3.8) is 0 Å². The summed E-state index contributed by atoms with van der Waals surface area (Å²) in [5.74, 6) is 0. The van der Waals surface area contributed by atoms with E-state index in [1.165, 1.54) is 22.0 Å². The number of aryl methyl sites for hydroxylation is 2. The first-order valence-corrected chi connectivity index (χ1v) is 7.83. The topological polar surface area (TPSA) is 8.29 Å². The normalized spacial score (nSPS) is 11.3. The van der Waals surface area contributed by atoms with Gasteiger partial charge in [-0.1, -0.05) is 54.6 Å². The van der Waals surface area contributed by atoms with Crippen molar-refractivity contribution < 1.29 is 4.57 Å². The molecule has 0 radical (unpaired) electrons. The van der Waals surface area contributed by atoms with Crippen molar-refractivity contribution >= 4 is 16.4 Å². The lowest BCUT2D eigenvalue weighted by atomic mass is 10.1. The molecule has 2 nitrogen and oxygen atoms in total. The van der Waals surface area contributed by atoms with Crippen LogP contribution in [-0.2, 0) is 13.0 Å². The Labute approximate surface area is 130 Å². The van der Waals surface area contributed by atoms with Crippen LogP contribution in [0.2, 0.25) is 0 Å². The van der Waals surface area contributed by atoms with Crippen LogP contribution in [0.3, 0.4) is 0 Å². The average molecular weight is 287 g/mol. The van der Waals surface area contributed by atoms with Crippen LogP contribution in [0.1, 0.15) is 12.0 Å². The van der Waals surface area contributed by atoms with Crippen LogP contribution in [-0.4, -0.2) is 4.40 Å². The molecular formula is C20H19N2+. The molecule has 0 aliphatic carbocycles. The molecule has 22 heavy (non-hydrogen) atoms. The molecule has 108 valence electrons. The van der Waals surface area contributed by atoms with Crippen molar-refractivity contribution in [3.05, 3.63) is 84.8 Å². The molecule has 0 amide bonds. The summed E-state index contributed by atoms with van der Waals surface area (Å²) in [4.78, 5) is 0. The Balaban J connectivity index is 1.58. The lowest BCUT2D eigenvalue weighted by molar-refractivity contribution is -0.671. The van der Waals surface area contributed by atoms with E-state index in [4.69, 9.17) is 0 Å². The van der Waals surface area contributed by atoms with E-state index in [9.17, 15) is 0 Å². The zero-order valence-electron chi connectivity index (χ0n) is 12.5. The molecule has 0 fully saturated rings. The number of nitrogens with zero attached hydrogens (tertiary/aromatic N) is 2. The van der Waals surface area contributed by atoms with E-state index in [-0.39, 0.29) is 0 Å². The first-order chi connectivity index (χ1) is 10.9. The highest BCUT2D eigenvalue weighted by atomic mass is 15.1. The lowest BCUT2D eigenvalue weighted by Gasteiger charge is -2.01. The Hall–Kier alpha value is -2.61. The molecule has 4 rings (SSSR count). The van der Waals surface area contributed by atoms with Gasteiger partial charge in [0, 0.05) is 11.5 Å². The molecule has 2 aromatic heterocycles. The Bertz CT molecular complexity index is 907. The molecule has 2 heterocycles. The summed E-state index contributed by atoms with van der Waals surface area (Å²) >= 11 is 0. The third kappa shape index (κ3) is 2.48. The molecule has 2 aromatic carbocycles. The number of pyridine rings is 1. The molecule has 0 bridgehead atoms. The van der Waals surface area contributed by atoms with E-state index in [0.717, 1.165) is 19.4 Å². The maximum Gasteiger partial charge on any atom is 0.286 e. The predicted octanol–water partition coefficient (Wildman–Crippen LogP) is 4.01. The molecule has 0 spiro atoms. The van der Waals surface area contributed by atoms with Gasteiger partial charge in [0.05, 0.1) is 6.54 Å². The van der Waals surface area contributed by atoms with Gasteiger partial charge in [0.1, 0.15) is 18.6 Å². The second-order valence-corrected chi connectivity index (χ2v) is 5.75. The van der Waals surface area contributed by atoms with Crippen LogP contribution in [0.5, 0.6) is 0 Å². The van der Waals surface area contributed by atoms with Crippen molar-refractivity contribution in [2.75, 3.05) is 0 Å². The highest BCUT2D eigenvalue weighted by Crippen LogP contribution is 2.15. The number of hydrogen-bond donors (Lipinski definition) is 0. The van der Waals surface area contributed by atoms with E-state index in [2.05, 4.69) is 88.2 Å². The summed E-state index contributed by atoms with van der Waals surface area (Å²) in [7, 11) is 0. The zero-order valence-corrected chi connectivity index (χ0v) is 12.5. The average Bonchev–Trinajstić information content (AvgIpc) is 2.96. The first-order valence-electron chi connectivity index (χ1n) is 7.83. The maximum atomic E-state index is 2.34. The molecule has 0 aliphatic heterocycles. The van der Waals surface area contributed by atoms with Gasteiger partial charge < -0.3 is 0 Å². The van der Waals surface area contributed by atoms with Gasteiger partial charge in [-0.2, -0.15) is 0 Å². The van der Waals surface area contributed by atoms with E-state index in [1.807, 2.05) is 0 Å². The summed E-state index contributed by atoms with van der Waals surface area (Å²) in [6.45, 7) is 1.05. The minimum absolute atomic E-state index is 1.05. The van der Waals surface area contributed by atoms with Crippen molar-refractivity contribution in [2.45, 2.75) is 19.4 Å². The number of imidazole rings is 1. The van der Waals surface area contributed by atoms with Gasteiger partial charge in [-0.3, -0.25) is 0 Å². The van der Waals surface area contributed by atoms with Gasteiger partial charge in [-0.05, 0) is 23.8 Å². The highest BCUT2D eigenvalue weighted by molar-refractivity contribution is 5.84. The molecular weight excluding hydrogens is 268 g/mol. The quantitative estimate of drug-likeness (QED) is 0.501. The van der Waals surface area contributed by atoms with Gasteiger partial charge in [0.2, 0.25) is 0 Å². The zero-order chi connectivity index (χ0) is 14.8.